The lowest BCUT2D eigenvalue weighted by molar-refractivity contribution is -0.274. The second kappa shape index (κ2) is 10.0. The summed E-state index contributed by atoms with van der Waals surface area (Å²) in [6.45, 7) is 0. The molecule has 0 aliphatic carbocycles. The number of carbonyl (C=O) groups is 2. The molecule has 2 aromatic heterocycles. The Morgan fingerprint density at radius 2 is 1.49 bits per heavy atom. The molecule has 13 heteroatoms. The van der Waals surface area contributed by atoms with Crippen LogP contribution in [0.4, 0.5) is 19.1 Å². The number of pyridine rings is 1. The first-order valence-electron chi connectivity index (χ1n) is 10.6. The van der Waals surface area contributed by atoms with E-state index in [4.69, 9.17) is 4.74 Å². The average molecular weight is 512 g/mol. The number of anilines is 1. The summed E-state index contributed by atoms with van der Waals surface area (Å²) in [4.78, 5) is 35.8. The van der Waals surface area contributed by atoms with Crippen molar-refractivity contribution in [3.63, 3.8) is 0 Å². The zero-order valence-corrected chi connectivity index (χ0v) is 19.7. The summed E-state index contributed by atoms with van der Waals surface area (Å²) in [5.41, 5.74) is 1.14. The fourth-order valence-electron chi connectivity index (χ4n) is 3.15. The second-order valence-electron chi connectivity index (χ2n) is 7.88. The third kappa shape index (κ3) is 6.07. The molecule has 190 valence electrons. The Hall–Kier alpha value is -4.81. The van der Waals surface area contributed by atoms with Gasteiger partial charge in [-0.05, 0) is 42.5 Å². The van der Waals surface area contributed by atoms with E-state index >= 15 is 0 Å². The average Bonchev–Trinajstić information content (AvgIpc) is 2.86. The van der Waals surface area contributed by atoms with Crippen LogP contribution in [-0.4, -0.2) is 64.4 Å². The molecular formula is C24H19F3N6O4. The maximum atomic E-state index is 12.8. The number of amides is 2. The molecule has 0 N–H and O–H groups in total. The van der Waals surface area contributed by atoms with E-state index < -0.39 is 18.0 Å². The maximum absolute atomic E-state index is 12.8. The van der Waals surface area contributed by atoms with Crippen LogP contribution in [-0.2, 0) is 0 Å². The van der Waals surface area contributed by atoms with Gasteiger partial charge in [-0.3, -0.25) is 19.5 Å². The summed E-state index contributed by atoms with van der Waals surface area (Å²) in [5, 5.41) is 8.08. The highest BCUT2D eigenvalue weighted by molar-refractivity contribution is 6.05. The molecule has 4 aromatic rings. The third-order valence-electron chi connectivity index (χ3n) is 4.95. The van der Waals surface area contributed by atoms with Crippen LogP contribution in [0.1, 0.15) is 20.8 Å². The van der Waals surface area contributed by atoms with Crippen molar-refractivity contribution < 1.29 is 32.2 Å². The van der Waals surface area contributed by atoms with Gasteiger partial charge in [0, 0.05) is 45.0 Å². The highest BCUT2D eigenvalue weighted by Crippen LogP contribution is 2.26. The Morgan fingerprint density at radius 3 is 2.16 bits per heavy atom. The van der Waals surface area contributed by atoms with Crippen molar-refractivity contribution in [1.82, 2.24) is 25.1 Å². The van der Waals surface area contributed by atoms with E-state index in [-0.39, 0.29) is 23.1 Å². The monoisotopic (exact) mass is 512 g/mol. The number of ether oxygens (including phenoxy) is 2. The highest BCUT2D eigenvalue weighted by atomic mass is 19.4. The van der Waals surface area contributed by atoms with Gasteiger partial charge in [0.2, 0.25) is 0 Å². The largest absolute Gasteiger partial charge is 0.573 e. The molecule has 37 heavy (non-hydrogen) atoms. The lowest BCUT2D eigenvalue weighted by atomic mass is 10.2. The quantitative estimate of drug-likeness (QED) is 0.380. The Morgan fingerprint density at radius 1 is 0.811 bits per heavy atom. The molecule has 2 amide bonds. The number of rotatable bonds is 6. The number of carbonyl (C=O) groups excluding carboxylic acids is 2. The molecular weight excluding hydrogens is 493 g/mol. The second-order valence-corrected chi connectivity index (χ2v) is 7.88. The Kier molecular flexibility index (Phi) is 6.87. The summed E-state index contributed by atoms with van der Waals surface area (Å²) < 4.78 is 46.6. The number of alkyl halides is 3. The van der Waals surface area contributed by atoms with E-state index in [9.17, 15) is 22.8 Å². The summed E-state index contributed by atoms with van der Waals surface area (Å²) in [6.07, 6.45) is -3.37. The van der Waals surface area contributed by atoms with Crippen LogP contribution < -0.4 is 14.4 Å². The zero-order chi connectivity index (χ0) is 26.7. The molecule has 0 aliphatic heterocycles. The fraction of sp³-hybridized carbons (Fsp3) is 0.167. The minimum absolute atomic E-state index is 0.0113. The van der Waals surface area contributed by atoms with Gasteiger partial charge in [0.1, 0.15) is 28.5 Å². The van der Waals surface area contributed by atoms with E-state index in [2.05, 4.69) is 24.9 Å². The van der Waals surface area contributed by atoms with E-state index in [1.165, 1.54) is 36.3 Å². The Bertz CT molecular complexity index is 1460. The van der Waals surface area contributed by atoms with Crippen molar-refractivity contribution in [3.05, 3.63) is 72.1 Å². The van der Waals surface area contributed by atoms with Crippen molar-refractivity contribution in [2.45, 2.75) is 6.36 Å². The first kappa shape index (κ1) is 25.3. The van der Waals surface area contributed by atoms with Gasteiger partial charge in [0.25, 0.3) is 17.8 Å². The molecule has 0 fully saturated rings. The van der Waals surface area contributed by atoms with Crippen LogP contribution in [0.3, 0.4) is 0 Å². The molecule has 2 aromatic carbocycles. The number of hydrogen-bond donors (Lipinski definition) is 0. The van der Waals surface area contributed by atoms with Gasteiger partial charge in [-0.1, -0.05) is 0 Å². The standard InChI is InChI=1S/C24H19F3N6O4/c1-32(2)22(35)20-13-17(10-11-28-20)36-16-8-9-18-19(12-16)30-31-23(29-18)33(3)21(34)14-4-6-15(7-5-14)37-24(25,26)27/h4-13H,1-3H3. The van der Waals surface area contributed by atoms with Crippen LogP contribution in [0.25, 0.3) is 11.0 Å². The molecule has 2 heterocycles. The molecule has 0 aliphatic rings. The first-order chi connectivity index (χ1) is 17.5. The van der Waals surface area contributed by atoms with Crippen molar-refractivity contribution in [2.24, 2.45) is 0 Å². The van der Waals surface area contributed by atoms with Gasteiger partial charge in [-0.15, -0.1) is 23.4 Å². The number of nitrogens with zero attached hydrogens (tertiary/aromatic N) is 6. The summed E-state index contributed by atoms with van der Waals surface area (Å²) >= 11 is 0. The number of fused-ring (bicyclic) bond motifs is 1. The lowest BCUT2D eigenvalue weighted by Crippen LogP contribution is -2.28. The van der Waals surface area contributed by atoms with Crippen LogP contribution in [0, 0.1) is 0 Å². The fourth-order valence-corrected chi connectivity index (χ4v) is 3.15. The Labute approximate surface area is 208 Å². The summed E-state index contributed by atoms with van der Waals surface area (Å²) in [5.74, 6) is -0.468. The predicted octanol–water partition coefficient (Wildman–Crippen LogP) is 4.09. The molecule has 0 atom stereocenters. The van der Waals surface area contributed by atoms with E-state index in [0.29, 0.717) is 22.5 Å². The summed E-state index contributed by atoms with van der Waals surface area (Å²) in [7, 11) is 4.66. The molecule has 0 spiro atoms. The van der Waals surface area contributed by atoms with Gasteiger partial charge in [-0.2, -0.15) is 0 Å². The van der Waals surface area contributed by atoms with Crippen molar-refractivity contribution in [1.29, 1.82) is 0 Å². The van der Waals surface area contributed by atoms with E-state index in [1.807, 2.05) is 0 Å². The minimum Gasteiger partial charge on any atom is -0.457 e. The topological polar surface area (TPSA) is 111 Å². The molecule has 0 saturated carbocycles. The van der Waals surface area contributed by atoms with Crippen LogP contribution in [0.5, 0.6) is 17.2 Å². The molecule has 0 bridgehead atoms. The molecule has 0 unspecified atom stereocenters. The van der Waals surface area contributed by atoms with Crippen LogP contribution in [0.2, 0.25) is 0 Å². The third-order valence-corrected chi connectivity index (χ3v) is 4.95. The number of halogens is 3. The number of aromatic nitrogens is 4. The lowest BCUT2D eigenvalue weighted by Gasteiger charge is -2.15. The Balaban J connectivity index is 1.49. The highest BCUT2D eigenvalue weighted by Gasteiger charge is 2.31. The SMILES string of the molecule is CN(C)C(=O)c1cc(Oc2ccc3nc(N(C)C(=O)c4ccc(OC(F)(F)F)cc4)nnc3c2)ccn1. The van der Waals surface area contributed by atoms with Gasteiger partial charge in [-0.25, -0.2) is 4.98 Å². The van der Waals surface area contributed by atoms with Crippen molar-refractivity contribution >= 4 is 28.8 Å². The molecule has 0 saturated heterocycles. The number of hydrogen-bond acceptors (Lipinski definition) is 8. The first-order valence-corrected chi connectivity index (χ1v) is 10.6. The molecule has 0 radical (unpaired) electrons. The molecule has 10 nitrogen and oxygen atoms in total. The smallest absolute Gasteiger partial charge is 0.457 e. The normalized spacial score (nSPS) is 11.2. The summed E-state index contributed by atoms with van der Waals surface area (Å²) in [6, 6.07) is 12.5. The van der Waals surface area contributed by atoms with Crippen LogP contribution in [0.15, 0.2) is 60.8 Å². The van der Waals surface area contributed by atoms with E-state index in [0.717, 1.165) is 17.0 Å². The van der Waals surface area contributed by atoms with Crippen molar-refractivity contribution in [2.75, 3.05) is 26.0 Å². The zero-order valence-electron chi connectivity index (χ0n) is 19.7. The maximum Gasteiger partial charge on any atom is 0.573 e. The van der Waals surface area contributed by atoms with Crippen molar-refractivity contribution in [3.8, 4) is 17.2 Å². The molecule has 4 rings (SSSR count). The van der Waals surface area contributed by atoms with Gasteiger partial charge < -0.3 is 14.4 Å². The van der Waals surface area contributed by atoms with E-state index in [1.54, 1.807) is 38.4 Å². The number of benzene rings is 2. The minimum atomic E-state index is -4.83. The van der Waals surface area contributed by atoms with Gasteiger partial charge in [0.15, 0.2) is 0 Å². The van der Waals surface area contributed by atoms with Gasteiger partial charge >= 0.3 is 6.36 Å². The van der Waals surface area contributed by atoms with Crippen LogP contribution >= 0.6 is 0 Å². The predicted molar refractivity (Wildman–Crippen MR) is 126 cm³/mol. The van der Waals surface area contributed by atoms with Gasteiger partial charge in [0.05, 0.1) is 5.52 Å².